The van der Waals surface area contributed by atoms with Gasteiger partial charge in [0.15, 0.2) is 0 Å². The molecule has 1 heterocycles. The molecule has 2 aliphatic rings. The highest BCUT2D eigenvalue weighted by molar-refractivity contribution is 5.98. The van der Waals surface area contributed by atoms with Crippen molar-refractivity contribution in [3.8, 4) is 5.75 Å². The molecule has 1 aromatic carbocycles. The highest BCUT2D eigenvalue weighted by Crippen LogP contribution is 2.43. The number of rotatable bonds is 6. The predicted octanol–water partition coefficient (Wildman–Crippen LogP) is 3.85. The van der Waals surface area contributed by atoms with Gasteiger partial charge in [-0.25, -0.2) is 0 Å². The number of cyclic esters (lactones) is 1. The molecule has 0 aromatic heterocycles. The van der Waals surface area contributed by atoms with Gasteiger partial charge in [-0.05, 0) is 56.2 Å². The minimum atomic E-state index is -0.593. The molecule has 24 heavy (non-hydrogen) atoms. The number of esters is 1. The summed E-state index contributed by atoms with van der Waals surface area (Å²) in [7, 11) is 0. The van der Waals surface area contributed by atoms with Gasteiger partial charge in [0, 0.05) is 6.42 Å². The van der Waals surface area contributed by atoms with Crippen molar-refractivity contribution in [2.75, 3.05) is 6.61 Å². The predicted molar refractivity (Wildman–Crippen MR) is 91.0 cm³/mol. The van der Waals surface area contributed by atoms with Crippen molar-refractivity contribution in [2.45, 2.75) is 63.9 Å². The van der Waals surface area contributed by atoms with Crippen LogP contribution in [0.1, 0.15) is 57.4 Å². The SMILES string of the molecule is CCOc1cccc(CCC2(C3CCCC3)CC(=O)CC(=O)O2)c1. The van der Waals surface area contributed by atoms with Gasteiger partial charge >= 0.3 is 5.97 Å². The maximum Gasteiger partial charge on any atom is 0.313 e. The number of carbonyl (C=O) groups excluding carboxylic acids is 2. The first-order chi connectivity index (χ1) is 11.6. The second kappa shape index (κ2) is 7.37. The van der Waals surface area contributed by atoms with E-state index < -0.39 is 5.60 Å². The average Bonchev–Trinajstić information content (AvgIpc) is 3.08. The molecule has 4 nitrogen and oxygen atoms in total. The summed E-state index contributed by atoms with van der Waals surface area (Å²) in [6, 6.07) is 8.04. The molecule has 0 amide bonds. The zero-order valence-electron chi connectivity index (χ0n) is 14.4. The summed E-state index contributed by atoms with van der Waals surface area (Å²) in [5.41, 5.74) is 0.567. The van der Waals surface area contributed by atoms with Crippen molar-refractivity contribution in [1.29, 1.82) is 0 Å². The quantitative estimate of drug-likeness (QED) is 0.587. The maximum atomic E-state index is 12.1. The molecule has 4 heteroatoms. The number of hydrogen-bond donors (Lipinski definition) is 0. The molecule has 1 aromatic rings. The summed E-state index contributed by atoms with van der Waals surface area (Å²) in [5, 5.41) is 0. The van der Waals surface area contributed by atoms with Gasteiger partial charge < -0.3 is 9.47 Å². The lowest BCUT2D eigenvalue weighted by Gasteiger charge is -2.41. The fourth-order valence-corrected chi connectivity index (χ4v) is 4.19. The van der Waals surface area contributed by atoms with Crippen LogP contribution in [0.2, 0.25) is 0 Å². The van der Waals surface area contributed by atoms with E-state index in [1.54, 1.807) is 0 Å². The van der Waals surface area contributed by atoms with E-state index in [1.807, 2.05) is 25.1 Å². The largest absolute Gasteiger partial charge is 0.494 e. The maximum absolute atomic E-state index is 12.1. The number of aryl methyl sites for hydroxylation is 1. The summed E-state index contributed by atoms with van der Waals surface area (Å²) < 4.78 is 11.4. The van der Waals surface area contributed by atoms with Crippen LogP contribution >= 0.6 is 0 Å². The van der Waals surface area contributed by atoms with Crippen LogP contribution in [0.3, 0.4) is 0 Å². The Labute approximate surface area is 143 Å². The molecule has 130 valence electrons. The molecule has 3 rings (SSSR count). The lowest BCUT2D eigenvalue weighted by Crippen LogP contribution is -2.48. The van der Waals surface area contributed by atoms with Gasteiger partial charge in [0.05, 0.1) is 6.61 Å². The number of ether oxygens (including phenoxy) is 2. The summed E-state index contributed by atoms with van der Waals surface area (Å²) >= 11 is 0. The van der Waals surface area contributed by atoms with E-state index in [0.29, 0.717) is 25.4 Å². The van der Waals surface area contributed by atoms with Crippen molar-refractivity contribution >= 4 is 11.8 Å². The molecule has 1 aliphatic heterocycles. The van der Waals surface area contributed by atoms with E-state index in [9.17, 15) is 9.59 Å². The van der Waals surface area contributed by atoms with E-state index in [2.05, 4.69) is 6.07 Å². The lowest BCUT2D eigenvalue weighted by molar-refractivity contribution is -0.178. The zero-order valence-corrected chi connectivity index (χ0v) is 14.4. The van der Waals surface area contributed by atoms with Gasteiger partial charge in [-0.1, -0.05) is 25.0 Å². The first-order valence-electron chi connectivity index (χ1n) is 9.06. The Hall–Kier alpha value is -1.84. The fraction of sp³-hybridized carbons (Fsp3) is 0.600. The van der Waals surface area contributed by atoms with E-state index in [1.165, 1.54) is 0 Å². The first kappa shape index (κ1) is 17.0. The van der Waals surface area contributed by atoms with Gasteiger partial charge in [-0.15, -0.1) is 0 Å². The van der Waals surface area contributed by atoms with Gasteiger partial charge in [0.25, 0.3) is 0 Å². The number of ketones is 1. The Kier molecular flexibility index (Phi) is 5.22. The van der Waals surface area contributed by atoms with Crippen molar-refractivity contribution in [3.63, 3.8) is 0 Å². The molecule has 1 atom stereocenters. The standard InChI is InChI=1S/C20H26O4/c1-2-23-18-9-5-6-15(12-18)10-11-20(16-7-3-4-8-16)14-17(21)13-19(22)24-20/h5-6,9,12,16H,2-4,7-8,10-11,13-14H2,1H3. The molecule has 1 saturated carbocycles. The smallest absolute Gasteiger partial charge is 0.313 e. The Morgan fingerprint density at radius 1 is 1.25 bits per heavy atom. The monoisotopic (exact) mass is 330 g/mol. The first-order valence-corrected chi connectivity index (χ1v) is 9.06. The van der Waals surface area contributed by atoms with E-state index in [4.69, 9.17) is 9.47 Å². The molecule has 1 saturated heterocycles. The molecule has 2 fully saturated rings. The number of carbonyl (C=O) groups is 2. The van der Waals surface area contributed by atoms with E-state index in [0.717, 1.165) is 43.4 Å². The molecular formula is C20H26O4. The van der Waals surface area contributed by atoms with Crippen LogP contribution in [-0.4, -0.2) is 24.0 Å². The zero-order chi connectivity index (χ0) is 17.0. The molecule has 1 aliphatic carbocycles. The highest BCUT2D eigenvalue weighted by atomic mass is 16.6. The van der Waals surface area contributed by atoms with Crippen molar-refractivity contribution < 1.29 is 19.1 Å². The van der Waals surface area contributed by atoms with Crippen LogP contribution in [0.4, 0.5) is 0 Å². The molecular weight excluding hydrogens is 304 g/mol. The van der Waals surface area contributed by atoms with Crippen LogP contribution in [0, 0.1) is 5.92 Å². The van der Waals surface area contributed by atoms with Crippen LogP contribution in [0.25, 0.3) is 0 Å². The van der Waals surface area contributed by atoms with Crippen molar-refractivity contribution in [3.05, 3.63) is 29.8 Å². The Bertz CT molecular complexity index is 585. The molecule has 0 N–H and O–H groups in total. The topological polar surface area (TPSA) is 52.6 Å². The normalized spacial score (nSPS) is 24.9. The Morgan fingerprint density at radius 3 is 2.75 bits per heavy atom. The lowest BCUT2D eigenvalue weighted by atomic mass is 9.76. The number of hydrogen-bond acceptors (Lipinski definition) is 4. The minimum Gasteiger partial charge on any atom is -0.494 e. The van der Waals surface area contributed by atoms with E-state index in [-0.39, 0.29) is 18.2 Å². The average molecular weight is 330 g/mol. The number of benzene rings is 1. The Morgan fingerprint density at radius 2 is 2.04 bits per heavy atom. The van der Waals surface area contributed by atoms with Crippen LogP contribution in [0.5, 0.6) is 5.75 Å². The molecule has 0 spiro atoms. The fourth-order valence-electron chi connectivity index (χ4n) is 4.19. The van der Waals surface area contributed by atoms with Crippen molar-refractivity contribution in [1.82, 2.24) is 0 Å². The molecule has 0 bridgehead atoms. The van der Waals surface area contributed by atoms with Crippen LogP contribution in [0.15, 0.2) is 24.3 Å². The Balaban J connectivity index is 1.75. The van der Waals surface area contributed by atoms with Gasteiger partial charge in [0.2, 0.25) is 0 Å². The highest BCUT2D eigenvalue weighted by Gasteiger charge is 2.47. The third kappa shape index (κ3) is 3.80. The van der Waals surface area contributed by atoms with Gasteiger partial charge in [-0.3, -0.25) is 9.59 Å². The van der Waals surface area contributed by atoms with Gasteiger partial charge in [-0.2, -0.15) is 0 Å². The van der Waals surface area contributed by atoms with E-state index >= 15 is 0 Å². The second-order valence-corrected chi connectivity index (χ2v) is 6.99. The third-order valence-corrected chi connectivity index (χ3v) is 5.30. The summed E-state index contributed by atoms with van der Waals surface area (Å²) in [5.74, 6) is 0.866. The minimum absolute atomic E-state index is 0.0289. The summed E-state index contributed by atoms with van der Waals surface area (Å²) in [6.45, 7) is 2.61. The van der Waals surface area contributed by atoms with Crippen molar-refractivity contribution in [2.24, 2.45) is 5.92 Å². The summed E-state index contributed by atoms with van der Waals surface area (Å²) in [6.07, 6.45) is 6.26. The molecule has 1 unspecified atom stereocenters. The van der Waals surface area contributed by atoms with Crippen LogP contribution < -0.4 is 4.74 Å². The van der Waals surface area contributed by atoms with Crippen LogP contribution in [-0.2, 0) is 20.7 Å². The number of Topliss-reactive ketones (excluding diaryl/α,β-unsaturated/α-hetero) is 1. The third-order valence-electron chi connectivity index (χ3n) is 5.30. The summed E-state index contributed by atoms with van der Waals surface area (Å²) in [4.78, 5) is 24.0. The molecule has 0 radical (unpaired) electrons. The second-order valence-electron chi connectivity index (χ2n) is 6.99. The van der Waals surface area contributed by atoms with Gasteiger partial charge in [0.1, 0.15) is 23.6 Å².